The molecule has 0 radical (unpaired) electrons. The van der Waals surface area contributed by atoms with Crippen LogP contribution in [-0.4, -0.2) is 48.1 Å². The first-order chi connectivity index (χ1) is 8.07. The average Bonchev–Trinajstić information content (AvgIpc) is 2.80. The number of aliphatic hydroxyl groups excluding tert-OH is 1. The van der Waals surface area contributed by atoms with E-state index >= 15 is 0 Å². The summed E-state index contributed by atoms with van der Waals surface area (Å²) < 4.78 is 15.2. The van der Waals surface area contributed by atoms with Crippen LogP contribution in [0.25, 0.3) is 0 Å². The summed E-state index contributed by atoms with van der Waals surface area (Å²) in [6.07, 6.45) is 1.43. The fraction of sp³-hybridized carbons (Fsp3) is 0.727. The number of allylic oxidation sites excluding steroid dienone is 1. The number of ether oxygens (including phenoxy) is 3. The van der Waals surface area contributed by atoms with Gasteiger partial charge in [-0.3, -0.25) is 4.79 Å². The molecule has 0 amide bonds. The molecule has 0 aromatic heterocycles. The fourth-order valence-corrected chi connectivity index (χ4v) is 3.01. The summed E-state index contributed by atoms with van der Waals surface area (Å²) >= 11 is 0. The molecule has 6 atom stereocenters. The highest BCUT2D eigenvalue weighted by Crippen LogP contribution is 2.50. The molecule has 2 N–H and O–H groups in total. The van der Waals surface area contributed by atoms with E-state index in [2.05, 4.69) is 4.74 Å². The van der Waals surface area contributed by atoms with E-state index < -0.39 is 30.1 Å². The monoisotopic (exact) mass is 242 g/mol. The van der Waals surface area contributed by atoms with Crippen LogP contribution < -0.4 is 0 Å². The third-order valence-corrected chi connectivity index (χ3v) is 3.84. The predicted octanol–water partition coefficient (Wildman–Crippen LogP) is -0.986. The number of methoxy groups -OCH3 is 1. The van der Waals surface area contributed by atoms with Crippen LogP contribution in [0.4, 0.5) is 0 Å². The largest absolute Gasteiger partial charge is 0.469 e. The van der Waals surface area contributed by atoms with Gasteiger partial charge in [0, 0.05) is 5.92 Å². The van der Waals surface area contributed by atoms with Crippen molar-refractivity contribution in [2.75, 3.05) is 13.7 Å². The van der Waals surface area contributed by atoms with Gasteiger partial charge in [0.15, 0.2) is 12.6 Å². The second-order valence-corrected chi connectivity index (χ2v) is 4.71. The highest BCUT2D eigenvalue weighted by molar-refractivity contribution is 5.74. The molecule has 3 rings (SSSR count). The third kappa shape index (κ3) is 1.38. The molecule has 0 aromatic carbocycles. The van der Waals surface area contributed by atoms with E-state index in [9.17, 15) is 15.0 Å². The van der Waals surface area contributed by atoms with Gasteiger partial charge in [-0.1, -0.05) is 12.2 Å². The van der Waals surface area contributed by atoms with Crippen LogP contribution in [0, 0.1) is 17.8 Å². The van der Waals surface area contributed by atoms with Gasteiger partial charge in [0.05, 0.1) is 19.6 Å². The SMILES string of the molecule is COC(=O)[C@H]1[C@@H]2C=C[C@]3(O)CO[C@H](O[C@H]1O)[C@H]23. The van der Waals surface area contributed by atoms with Crippen LogP contribution in [0.5, 0.6) is 0 Å². The van der Waals surface area contributed by atoms with Crippen molar-refractivity contribution in [2.45, 2.75) is 18.2 Å². The molecule has 2 fully saturated rings. The van der Waals surface area contributed by atoms with Gasteiger partial charge in [0.25, 0.3) is 0 Å². The molecule has 0 spiro atoms. The van der Waals surface area contributed by atoms with E-state index in [-0.39, 0.29) is 18.4 Å². The summed E-state index contributed by atoms with van der Waals surface area (Å²) in [5.41, 5.74) is -1.10. The van der Waals surface area contributed by atoms with Gasteiger partial charge in [0.1, 0.15) is 11.5 Å². The summed E-state index contributed by atoms with van der Waals surface area (Å²) in [6.45, 7) is 0.121. The first kappa shape index (κ1) is 11.2. The zero-order valence-corrected chi connectivity index (χ0v) is 9.28. The van der Waals surface area contributed by atoms with Crippen molar-refractivity contribution in [1.29, 1.82) is 0 Å². The van der Waals surface area contributed by atoms with E-state index in [0.29, 0.717) is 0 Å². The molecule has 2 heterocycles. The molecule has 0 unspecified atom stereocenters. The summed E-state index contributed by atoms with van der Waals surface area (Å²) in [6, 6.07) is 0. The molecular weight excluding hydrogens is 228 g/mol. The molecule has 0 saturated carbocycles. The number of esters is 1. The van der Waals surface area contributed by atoms with Gasteiger partial charge < -0.3 is 24.4 Å². The maximum atomic E-state index is 11.6. The molecule has 6 nitrogen and oxygen atoms in total. The quantitative estimate of drug-likeness (QED) is 0.454. The molecule has 2 saturated heterocycles. The predicted molar refractivity (Wildman–Crippen MR) is 53.4 cm³/mol. The molecule has 0 aromatic rings. The van der Waals surface area contributed by atoms with Crippen LogP contribution >= 0.6 is 0 Å². The minimum absolute atomic E-state index is 0.121. The lowest BCUT2D eigenvalue weighted by molar-refractivity contribution is -0.280. The number of hydrogen-bond donors (Lipinski definition) is 2. The van der Waals surface area contributed by atoms with Crippen LogP contribution in [0.3, 0.4) is 0 Å². The van der Waals surface area contributed by atoms with Crippen LogP contribution in [0.15, 0.2) is 12.2 Å². The lowest BCUT2D eigenvalue weighted by Crippen LogP contribution is -2.51. The second-order valence-electron chi connectivity index (χ2n) is 4.71. The zero-order chi connectivity index (χ0) is 12.2. The maximum Gasteiger partial charge on any atom is 0.314 e. The maximum absolute atomic E-state index is 11.6. The van der Waals surface area contributed by atoms with Crippen molar-refractivity contribution in [3.63, 3.8) is 0 Å². The minimum atomic E-state index is -1.27. The Morgan fingerprint density at radius 3 is 3.06 bits per heavy atom. The Balaban J connectivity index is 1.95. The van der Waals surface area contributed by atoms with E-state index in [4.69, 9.17) is 9.47 Å². The number of carbonyl (C=O) groups is 1. The van der Waals surface area contributed by atoms with Gasteiger partial charge in [-0.15, -0.1) is 0 Å². The Kier molecular flexibility index (Phi) is 2.31. The van der Waals surface area contributed by atoms with Gasteiger partial charge in [0.2, 0.25) is 0 Å². The van der Waals surface area contributed by atoms with Crippen molar-refractivity contribution in [1.82, 2.24) is 0 Å². The minimum Gasteiger partial charge on any atom is -0.469 e. The van der Waals surface area contributed by atoms with Gasteiger partial charge >= 0.3 is 5.97 Å². The van der Waals surface area contributed by atoms with E-state index in [0.717, 1.165) is 0 Å². The highest BCUT2D eigenvalue weighted by Gasteiger charge is 2.61. The van der Waals surface area contributed by atoms with E-state index in [1.807, 2.05) is 0 Å². The summed E-state index contributed by atoms with van der Waals surface area (Å²) in [5.74, 6) is -2.02. The normalized spacial score (nSPS) is 51.4. The molecule has 17 heavy (non-hydrogen) atoms. The molecule has 6 heteroatoms. The van der Waals surface area contributed by atoms with Gasteiger partial charge in [-0.2, -0.15) is 0 Å². The molecular formula is C11H14O6. The van der Waals surface area contributed by atoms with Crippen LogP contribution in [0.1, 0.15) is 0 Å². The van der Waals surface area contributed by atoms with E-state index in [1.54, 1.807) is 12.2 Å². The molecule has 3 aliphatic rings. The Labute approximate surface area is 97.8 Å². The molecule has 1 aliphatic carbocycles. The first-order valence-electron chi connectivity index (χ1n) is 5.51. The number of rotatable bonds is 1. The van der Waals surface area contributed by atoms with Gasteiger partial charge in [-0.25, -0.2) is 0 Å². The number of hydrogen-bond acceptors (Lipinski definition) is 6. The Morgan fingerprint density at radius 1 is 1.59 bits per heavy atom. The lowest BCUT2D eigenvalue weighted by atomic mass is 9.77. The topological polar surface area (TPSA) is 85.2 Å². The number of aliphatic hydroxyl groups is 2. The standard InChI is InChI=1S/C11H14O6/c1-15-8(12)6-5-2-3-11(14)4-16-10(7(5)11)17-9(6)13/h2-3,5-7,9-10,13-14H,4H2,1H3/t5-,6+,7-,9+,10+,11-/m0/s1. The smallest absolute Gasteiger partial charge is 0.314 e. The first-order valence-corrected chi connectivity index (χ1v) is 5.51. The van der Waals surface area contributed by atoms with Crippen molar-refractivity contribution < 1.29 is 29.2 Å². The third-order valence-electron chi connectivity index (χ3n) is 3.84. The van der Waals surface area contributed by atoms with E-state index in [1.165, 1.54) is 7.11 Å². The molecule has 0 bridgehead atoms. The summed E-state index contributed by atoms with van der Waals surface area (Å²) in [4.78, 5) is 11.6. The Morgan fingerprint density at radius 2 is 2.35 bits per heavy atom. The fourth-order valence-electron chi connectivity index (χ4n) is 3.01. The lowest BCUT2D eigenvalue weighted by Gasteiger charge is -2.39. The van der Waals surface area contributed by atoms with Crippen molar-refractivity contribution in [2.24, 2.45) is 17.8 Å². The summed E-state index contributed by atoms with van der Waals surface area (Å²) in [7, 11) is 1.26. The highest BCUT2D eigenvalue weighted by atomic mass is 16.7. The molecule has 94 valence electrons. The van der Waals surface area contributed by atoms with Crippen molar-refractivity contribution in [3.8, 4) is 0 Å². The Hall–Kier alpha value is -0.950. The van der Waals surface area contributed by atoms with Gasteiger partial charge in [-0.05, 0) is 0 Å². The summed E-state index contributed by atoms with van der Waals surface area (Å²) in [5, 5.41) is 20.1. The van der Waals surface area contributed by atoms with Crippen LogP contribution in [0.2, 0.25) is 0 Å². The van der Waals surface area contributed by atoms with Crippen LogP contribution in [-0.2, 0) is 19.0 Å². The second kappa shape index (κ2) is 3.52. The average molecular weight is 242 g/mol. The number of carbonyl (C=O) groups excluding carboxylic acids is 1. The Bertz CT molecular complexity index is 380. The zero-order valence-electron chi connectivity index (χ0n) is 9.28. The van der Waals surface area contributed by atoms with Crippen molar-refractivity contribution >= 4 is 5.97 Å². The molecule has 2 aliphatic heterocycles. The van der Waals surface area contributed by atoms with Crippen molar-refractivity contribution in [3.05, 3.63) is 12.2 Å².